The second-order valence-electron chi connectivity index (χ2n) is 13.1. The van der Waals surface area contributed by atoms with E-state index in [9.17, 15) is 18.0 Å². The number of nitrogens with zero attached hydrogens (tertiary/aromatic N) is 2. The normalized spacial score (nSPS) is 14.3. The smallest absolute Gasteiger partial charge is 0.264 e. The van der Waals surface area contributed by atoms with Crippen molar-refractivity contribution in [2.45, 2.75) is 88.7 Å². The number of amides is 2. The molecule has 0 spiro atoms. The average Bonchev–Trinajstić information content (AvgIpc) is 3.10. The Morgan fingerprint density at radius 3 is 1.98 bits per heavy atom. The van der Waals surface area contributed by atoms with Gasteiger partial charge in [-0.3, -0.25) is 13.9 Å². The van der Waals surface area contributed by atoms with E-state index in [0.29, 0.717) is 12.1 Å². The molecule has 1 unspecified atom stereocenters. The number of nitrogens with one attached hydrogen (secondary N) is 1. The lowest BCUT2D eigenvalue weighted by atomic mass is 9.94. The van der Waals surface area contributed by atoms with Gasteiger partial charge in [-0.05, 0) is 66.6 Å². The van der Waals surface area contributed by atoms with Crippen LogP contribution >= 0.6 is 0 Å². The minimum Gasteiger partial charge on any atom is -0.352 e. The highest BCUT2D eigenvalue weighted by Crippen LogP contribution is 2.27. The molecule has 0 bridgehead atoms. The summed E-state index contributed by atoms with van der Waals surface area (Å²) in [6, 6.07) is 32.2. The Morgan fingerprint density at radius 2 is 1.38 bits per heavy atom. The van der Waals surface area contributed by atoms with Gasteiger partial charge in [0.25, 0.3) is 10.0 Å². The molecule has 0 radical (unpaired) electrons. The number of hydrogen-bond acceptors (Lipinski definition) is 4. The van der Waals surface area contributed by atoms with Crippen LogP contribution in [0.4, 0.5) is 5.69 Å². The first-order chi connectivity index (χ1) is 23.1. The zero-order valence-corrected chi connectivity index (χ0v) is 29.0. The Balaban J connectivity index is 1.56. The molecule has 1 aliphatic carbocycles. The third kappa shape index (κ3) is 8.92. The SMILES string of the molecule is Cc1ccc(CN(C(=O)CN(c2ccc(C(C)C)cc2)S(=O)(=O)c2ccccc2)C(Cc2ccccc2)C(=O)NC2CCCCC2)cc1. The summed E-state index contributed by atoms with van der Waals surface area (Å²) in [5.41, 5.74) is 4.30. The van der Waals surface area contributed by atoms with Crippen LogP contribution in [0.1, 0.15) is 74.1 Å². The van der Waals surface area contributed by atoms with Crippen LogP contribution in [0.25, 0.3) is 0 Å². The van der Waals surface area contributed by atoms with Gasteiger partial charge in [0.2, 0.25) is 11.8 Å². The number of rotatable bonds is 13. The summed E-state index contributed by atoms with van der Waals surface area (Å²) in [7, 11) is -4.14. The van der Waals surface area contributed by atoms with E-state index in [0.717, 1.165) is 54.4 Å². The van der Waals surface area contributed by atoms with Gasteiger partial charge in [-0.1, -0.05) is 124 Å². The van der Waals surface area contributed by atoms with Crippen molar-refractivity contribution in [2.24, 2.45) is 0 Å². The van der Waals surface area contributed by atoms with Crippen LogP contribution in [-0.2, 0) is 32.6 Å². The number of carbonyl (C=O) groups excluding carboxylic acids is 2. The van der Waals surface area contributed by atoms with E-state index < -0.39 is 28.5 Å². The highest BCUT2D eigenvalue weighted by molar-refractivity contribution is 7.92. The van der Waals surface area contributed by atoms with Crippen molar-refractivity contribution in [2.75, 3.05) is 10.8 Å². The second-order valence-corrected chi connectivity index (χ2v) is 15.0. The van der Waals surface area contributed by atoms with E-state index in [1.165, 1.54) is 16.4 Å². The van der Waals surface area contributed by atoms with Gasteiger partial charge in [-0.2, -0.15) is 0 Å². The summed E-state index contributed by atoms with van der Waals surface area (Å²) in [4.78, 5) is 30.6. The predicted molar refractivity (Wildman–Crippen MR) is 192 cm³/mol. The fraction of sp³-hybridized carbons (Fsp3) is 0.350. The predicted octanol–water partition coefficient (Wildman–Crippen LogP) is 7.40. The van der Waals surface area contributed by atoms with Gasteiger partial charge in [-0.15, -0.1) is 0 Å². The van der Waals surface area contributed by atoms with Crippen molar-refractivity contribution in [3.8, 4) is 0 Å². The van der Waals surface area contributed by atoms with Crippen molar-refractivity contribution in [1.29, 1.82) is 0 Å². The first-order valence-corrected chi connectivity index (χ1v) is 18.4. The Kier molecular flexibility index (Phi) is 11.7. The lowest BCUT2D eigenvalue weighted by molar-refractivity contribution is -0.140. The molecule has 8 heteroatoms. The maximum atomic E-state index is 14.7. The lowest BCUT2D eigenvalue weighted by Gasteiger charge is -2.35. The molecular weight excluding hydrogens is 619 g/mol. The van der Waals surface area contributed by atoms with Crippen molar-refractivity contribution >= 4 is 27.5 Å². The summed E-state index contributed by atoms with van der Waals surface area (Å²) in [6.45, 7) is 5.84. The molecule has 1 saturated carbocycles. The van der Waals surface area contributed by atoms with Crippen LogP contribution in [0, 0.1) is 6.92 Å². The number of sulfonamides is 1. The molecule has 1 aliphatic rings. The standard InChI is InChI=1S/C40H47N3O4S/c1-30(2)34-23-25-36(26-24-34)43(48(46,47)37-17-11-6-12-18-37)29-39(44)42(28-33-21-19-31(3)20-22-33)38(27-32-13-7-4-8-14-32)40(45)41-35-15-9-5-10-16-35/h4,6-8,11-14,17-26,30,35,38H,5,9-10,15-16,27-29H2,1-3H3,(H,41,45). The molecule has 4 aromatic rings. The molecule has 5 rings (SSSR count). The van der Waals surface area contributed by atoms with Crippen LogP contribution in [0.3, 0.4) is 0 Å². The maximum Gasteiger partial charge on any atom is 0.264 e. The van der Waals surface area contributed by atoms with E-state index in [-0.39, 0.29) is 29.3 Å². The van der Waals surface area contributed by atoms with Gasteiger partial charge in [0.1, 0.15) is 12.6 Å². The molecule has 7 nitrogen and oxygen atoms in total. The highest BCUT2D eigenvalue weighted by Gasteiger charge is 2.35. The van der Waals surface area contributed by atoms with E-state index >= 15 is 0 Å². The van der Waals surface area contributed by atoms with E-state index in [1.807, 2.05) is 73.7 Å². The molecule has 0 heterocycles. The van der Waals surface area contributed by atoms with Crippen LogP contribution in [0.2, 0.25) is 0 Å². The van der Waals surface area contributed by atoms with Crippen LogP contribution in [-0.4, -0.2) is 43.8 Å². The third-order valence-electron chi connectivity index (χ3n) is 9.15. The number of carbonyl (C=O) groups is 2. The minimum atomic E-state index is -4.14. The Labute approximate surface area is 286 Å². The molecule has 48 heavy (non-hydrogen) atoms. The summed E-state index contributed by atoms with van der Waals surface area (Å²) in [5, 5.41) is 3.26. The molecule has 4 aromatic carbocycles. The van der Waals surface area contributed by atoms with Crippen molar-refractivity contribution in [3.05, 3.63) is 131 Å². The largest absolute Gasteiger partial charge is 0.352 e. The first kappa shape index (κ1) is 34.9. The number of benzene rings is 4. The summed E-state index contributed by atoms with van der Waals surface area (Å²) >= 11 is 0. The van der Waals surface area contributed by atoms with Crippen LogP contribution < -0.4 is 9.62 Å². The molecule has 1 N–H and O–H groups in total. The number of anilines is 1. The van der Waals surface area contributed by atoms with Gasteiger partial charge in [-0.25, -0.2) is 8.42 Å². The molecule has 0 saturated heterocycles. The summed E-state index contributed by atoms with van der Waals surface area (Å²) < 4.78 is 29.7. The molecule has 2 amide bonds. The quantitative estimate of drug-likeness (QED) is 0.161. The summed E-state index contributed by atoms with van der Waals surface area (Å²) in [6.07, 6.45) is 5.38. The Hall–Kier alpha value is -4.43. The monoisotopic (exact) mass is 665 g/mol. The Bertz CT molecular complexity index is 1740. The van der Waals surface area contributed by atoms with Crippen molar-refractivity contribution < 1.29 is 18.0 Å². The van der Waals surface area contributed by atoms with Crippen LogP contribution in [0.15, 0.2) is 114 Å². The van der Waals surface area contributed by atoms with Gasteiger partial charge in [0.15, 0.2) is 0 Å². The van der Waals surface area contributed by atoms with Crippen molar-refractivity contribution in [3.63, 3.8) is 0 Å². The van der Waals surface area contributed by atoms with Gasteiger partial charge < -0.3 is 10.2 Å². The Morgan fingerprint density at radius 1 is 0.771 bits per heavy atom. The van der Waals surface area contributed by atoms with E-state index in [1.54, 1.807) is 35.2 Å². The second kappa shape index (κ2) is 16.1. The zero-order valence-electron chi connectivity index (χ0n) is 28.2. The highest BCUT2D eigenvalue weighted by atomic mass is 32.2. The number of aryl methyl sites for hydroxylation is 1. The van der Waals surface area contributed by atoms with E-state index in [2.05, 4.69) is 19.2 Å². The van der Waals surface area contributed by atoms with Crippen LogP contribution in [0.5, 0.6) is 0 Å². The fourth-order valence-corrected chi connectivity index (χ4v) is 7.70. The molecule has 0 aliphatic heterocycles. The van der Waals surface area contributed by atoms with Crippen molar-refractivity contribution in [1.82, 2.24) is 10.2 Å². The van der Waals surface area contributed by atoms with E-state index in [4.69, 9.17) is 0 Å². The lowest BCUT2D eigenvalue weighted by Crippen LogP contribution is -2.55. The molecule has 0 aromatic heterocycles. The molecule has 1 atom stereocenters. The molecule has 252 valence electrons. The summed E-state index contributed by atoms with van der Waals surface area (Å²) in [5.74, 6) is -0.418. The maximum absolute atomic E-state index is 14.7. The van der Waals surface area contributed by atoms with Gasteiger partial charge in [0, 0.05) is 19.0 Å². The number of hydrogen-bond donors (Lipinski definition) is 1. The molecule has 1 fully saturated rings. The van der Waals surface area contributed by atoms with Gasteiger partial charge in [0.05, 0.1) is 10.6 Å². The topological polar surface area (TPSA) is 86.8 Å². The minimum absolute atomic E-state index is 0.0512. The molecular formula is C40H47N3O4S. The van der Waals surface area contributed by atoms with Gasteiger partial charge >= 0.3 is 0 Å². The zero-order chi connectivity index (χ0) is 34.1. The first-order valence-electron chi connectivity index (χ1n) is 17.0. The fourth-order valence-electron chi connectivity index (χ4n) is 6.26. The average molecular weight is 666 g/mol. The third-order valence-corrected chi connectivity index (χ3v) is 10.9.